The zero-order valence-electron chi connectivity index (χ0n) is 17.6. The zero-order chi connectivity index (χ0) is 22.2. The number of para-hydroxylation sites is 1. The topological polar surface area (TPSA) is 95.9 Å². The Kier molecular flexibility index (Phi) is 7.78. The van der Waals surface area contributed by atoms with Gasteiger partial charge in [-0.25, -0.2) is 0 Å². The Morgan fingerprint density at radius 2 is 1.87 bits per heavy atom. The lowest BCUT2D eigenvalue weighted by Crippen LogP contribution is -2.52. The third-order valence-corrected chi connectivity index (χ3v) is 5.41. The molecule has 0 aliphatic carbocycles. The molecule has 0 saturated carbocycles. The first-order chi connectivity index (χ1) is 15.0. The van der Waals surface area contributed by atoms with E-state index >= 15 is 0 Å². The van der Waals surface area contributed by atoms with Crippen molar-refractivity contribution in [1.82, 2.24) is 5.32 Å². The highest BCUT2D eigenvalue weighted by atomic mass is 16.5. The predicted molar refractivity (Wildman–Crippen MR) is 117 cm³/mol. The maximum Gasteiger partial charge on any atom is 0.326 e. The van der Waals surface area contributed by atoms with Gasteiger partial charge in [0.15, 0.2) is 0 Å². The van der Waals surface area contributed by atoms with Crippen molar-refractivity contribution >= 4 is 23.5 Å². The van der Waals surface area contributed by atoms with Crippen LogP contribution in [0.15, 0.2) is 54.6 Å². The highest BCUT2D eigenvalue weighted by Gasteiger charge is 2.34. The average molecular weight is 424 g/mol. The van der Waals surface area contributed by atoms with E-state index < -0.39 is 24.0 Å². The van der Waals surface area contributed by atoms with Gasteiger partial charge in [-0.1, -0.05) is 48.5 Å². The number of aliphatic carboxylic acids is 1. The Labute approximate surface area is 182 Å². The van der Waals surface area contributed by atoms with Gasteiger partial charge in [0.1, 0.15) is 12.6 Å². The molecule has 1 amide bonds. The van der Waals surface area contributed by atoms with E-state index in [0.717, 1.165) is 11.1 Å². The molecule has 2 unspecified atom stereocenters. The summed E-state index contributed by atoms with van der Waals surface area (Å²) in [5, 5.41) is 12.8. The number of hydrogen-bond acceptors (Lipinski definition) is 5. The quantitative estimate of drug-likeness (QED) is 0.601. The Morgan fingerprint density at radius 1 is 1.16 bits per heavy atom. The molecule has 1 aliphatic rings. The van der Waals surface area contributed by atoms with E-state index in [1.165, 1.54) is 4.90 Å². The van der Waals surface area contributed by atoms with Crippen LogP contribution in [0.3, 0.4) is 0 Å². The van der Waals surface area contributed by atoms with Gasteiger partial charge in [-0.2, -0.15) is 0 Å². The van der Waals surface area contributed by atoms with Crippen LogP contribution in [0.25, 0.3) is 0 Å². The van der Waals surface area contributed by atoms with Gasteiger partial charge in [0, 0.05) is 5.69 Å². The average Bonchev–Trinajstić information content (AvgIpc) is 2.89. The predicted octanol–water partition coefficient (Wildman–Crippen LogP) is 2.57. The number of carbonyl (C=O) groups excluding carboxylic acids is 2. The molecule has 0 radical (unpaired) electrons. The number of carbonyl (C=O) groups is 3. The van der Waals surface area contributed by atoms with Crippen molar-refractivity contribution in [3.8, 4) is 0 Å². The highest BCUT2D eigenvalue weighted by molar-refractivity contribution is 6.02. The van der Waals surface area contributed by atoms with Gasteiger partial charge in [-0.15, -0.1) is 0 Å². The monoisotopic (exact) mass is 424 g/mol. The summed E-state index contributed by atoms with van der Waals surface area (Å²) in [6, 6.07) is 15.5. The first-order valence-electron chi connectivity index (χ1n) is 10.6. The van der Waals surface area contributed by atoms with Crippen LogP contribution >= 0.6 is 0 Å². The van der Waals surface area contributed by atoms with E-state index in [2.05, 4.69) is 5.32 Å². The first-order valence-corrected chi connectivity index (χ1v) is 10.6. The SMILES string of the molecule is CCOC(=O)CN1C(=O)C(NC(CCc2ccccc2)C(=O)O)CCc2ccccc21. The summed E-state index contributed by atoms with van der Waals surface area (Å²) in [6.07, 6.45) is 1.99. The lowest BCUT2D eigenvalue weighted by atomic mass is 10.0. The standard InChI is InChI=1S/C24H28N2O5/c1-2-31-22(27)16-26-21-11-7-6-10-18(21)13-15-19(23(26)28)25-20(24(29)30)14-12-17-8-4-3-5-9-17/h3-11,19-20,25H,2,12-16H2,1H3,(H,29,30). The number of benzene rings is 2. The third kappa shape index (κ3) is 5.92. The number of ether oxygens (including phenoxy) is 1. The summed E-state index contributed by atoms with van der Waals surface area (Å²) in [6.45, 7) is 1.74. The number of amides is 1. The van der Waals surface area contributed by atoms with Gasteiger partial charge >= 0.3 is 11.9 Å². The van der Waals surface area contributed by atoms with Gasteiger partial charge in [0.2, 0.25) is 5.91 Å². The minimum atomic E-state index is -0.998. The molecule has 2 atom stereocenters. The Balaban J connectivity index is 1.77. The number of carboxylic acid groups (broad SMARTS) is 1. The molecule has 1 aliphatic heterocycles. The van der Waals surface area contributed by atoms with Gasteiger partial charge < -0.3 is 9.84 Å². The van der Waals surface area contributed by atoms with E-state index in [-0.39, 0.29) is 19.1 Å². The summed E-state index contributed by atoms with van der Waals surface area (Å²) in [7, 11) is 0. The van der Waals surface area contributed by atoms with Crippen molar-refractivity contribution in [3.05, 3.63) is 65.7 Å². The third-order valence-electron chi connectivity index (χ3n) is 5.41. The lowest BCUT2D eigenvalue weighted by Gasteiger charge is -2.27. The van der Waals surface area contributed by atoms with Crippen molar-refractivity contribution in [2.45, 2.75) is 44.7 Å². The van der Waals surface area contributed by atoms with E-state index in [4.69, 9.17) is 4.74 Å². The van der Waals surface area contributed by atoms with Crippen molar-refractivity contribution in [3.63, 3.8) is 0 Å². The molecule has 0 aromatic heterocycles. The Hall–Kier alpha value is -3.19. The smallest absolute Gasteiger partial charge is 0.326 e. The number of fused-ring (bicyclic) bond motifs is 1. The molecule has 0 bridgehead atoms. The molecule has 2 aromatic rings. The molecule has 2 aromatic carbocycles. The first kappa shape index (κ1) is 22.5. The molecule has 7 heteroatoms. The van der Waals surface area contributed by atoms with Crippen molar-refractivity contribution in [1.29, 1.82) is 0 Å². The van der Waals surface area contributed by atoms with E-state index in [1.54, 1.807) is 13.0 Å². The molecular weight excluding hydrogens is 396 g/mol. The number of aryl methyl sites for hydroxylation is 2. The summed E-state index contributed by atoms with van der Waals surface area (Å²) < 4.78 is 5.04. The van der Waals surface area contributed by atoms with Crippen LogP contribution in [0.2, 0.25) is 0 Å². The molecule has 7 nitrogen and oxygen atoms in total. The maximum absolute atomic E-state index is 13.3. The van der Waals surface area contributed by atoms with Crippen LogP contribution in [-0.4, -0.2) is 48.2 Å². The minimum Gasteiger partial charge on any atom is -0.480 e. The van der Waals surface area contributed by atoms with Crippen LogP contribution in [0.4, 0.5) is 5.69 Å². The fraction of sp³-hybridized carbons (Fsp3) is 0.375. The molecule has 31 heavy (non-hydrogen) atoms. The van der Waals surface area contributed by atoms with Crippen molar-refractivity contribution in [2.75, 3.05) is 18.1 Å². The van der Waals surface area contributed by atoms with Crippen LogP contribution in [0.1, 0.15) is 30.9 Å². The number of carboxylic acids is 1. The molecule has 164 valence electrons. The van der Waals surface area contributed by atoms with Crippen LogP contribution in [-0.2, 0) is 32.0 Å². The van der Waals surface area contributed by atoms with E-state index in [0.29, 0.717) is 31.4 Å². The van der Waals surface area contributed by atoms with E-state index in [9.17, 15) is 19.5 Å². The second-order valence-electron chi connectivity index (χ2n) is 7.53. The summed E-state index contributed by atoms with van der Waals surface area (Å²) in [5.74, 6) is -1.81. The second-order valence-corrected chi connectivity index (χ2v) is 7.53. The number of anilines is 1. The summed E-state index contributed by atoms with van der Waals surface area (Å²) in [5.41, 5.74) is 2.65. The van der Waals surface area contributed by atoms with Crippen LogP contribution in [0.5, 0.6) is 0 Å². The molecule has 1 heterocycles. The van der Waals surface area contributed by atoms with Gasteiger partial charge in [-0.05, 0) is 49.8 Å². The molecular formula is C24H28N2O5. The van der Waals surface area contributed by atoms with Crippen molar-refractivity contribution < 1.29 is 24.2 Å². The van der Waals surface area contributed by atoms with Gasteiger partial charge in [0.25, 0.3) is 0 Å². The fourth-order valence-corrected chi connectivity index (χ4v) is 3.85. The number of nitrogens with zero attached hydrogens (tertiary/aromatic N) is 1. The van der Waals surface area contributed by atoms with Crippen LogP contribution in [0, 0.1) is 0 Å². The lowest BCUT2D eigenvalue weighted by molar-refractivity contribution is -0.143. The molecule has 0 spiro atoms. The molecule has 2 N–H and O–H groups in total. The van der Waals surface area contributed by atoms with E-state index in [1.807, 2.05) is 48.5 Å². The largest absolute Gasteiger partial charge is 0.480 e. The van der Waals surface area contributed by atoms with Crippen LogP contribution < -0.4 is 10.2 Å². The Morgan fingerprint density at radius 3 is 2.58 bits per heavy atom. The van der Waals surface area contributed by atoms with Gasteiger partial charge in [-0.3, -0.25) is 24.6 Å². The Bertz CT molecular complexity index is 915. The fourth-order valence-electron chi connectivity index (χ4n) is 3.85. The summed E-state index contributed by atoms with van der Waals surface area (Å²) in [4.78, 5) is 38.8. The number of esters is 1. The minimum absolute atomic E-state index is 0.205. The zero-order valence-corrected chi connectivity index (χ0v) is 17.6. The highest BCUT2D eigenvalue weighted by Crippen LogP contribution is 2.27. The molecule has 0 fully saturated rings. The molecule has 0 saturated heterocycles. The summed E-state index contributed by atoms with van der Waals surface area (Å²) >= 11 is 0. The number of nitrogens with one attached hydrogen (secondary N) is 1. The van der Waals surface area contributed by atoms with Gasteiger partial charge in [0.05, 0.1) is 12.6 Å². The normalized spacial score (nSPS) is 16.9. The van der Waals surface area contributed by atoms with Crippen molar-refractivity contribution in [2.24, 2.45) is 0 Å². The maximum atomic E-state index is 13.3. The number of hydrogen-bond donors (Lipinski definition) is 2. The number of rotatable bonds is 9. The second kappa shape index (κ2) is 10.7. The molecule has 3 rings (SSSR count).